The molecule has 14 heavy (non-hydrogen) atoms. The molecule has 0 aromatic rings. The first-order valence-corrected chi connectivity index (χ1v) is 7.30. The minimum Gasteiger partial charge on any atom is -0.390 e. The Morgan fingerprint density at radius 1 is 1.50 bits per heavy atom. The lowest BCUT2D eigenvalue weighted by Gasteiger charge is -2.27. The zero-order chi connectivity index (χ0) is 10.8. The summed E-state index contributed by atoms with van der Waals surface area (Å²) < 4.78 is 21.8. The Morgan fingerprint density at radius 3 is 2.57 bits per heavy atom. The molecule has 1 N–H and O–H groups in total. The lowest BCUT2D eigenvalue weighted by Crippen LogP contribution is -2.31. The molecule has 2 atom stereocenters. The van der Waals surface area contributed by atoms with Gasteiger partial charge in [0, 0.05) is 12.0 Å². The molecule has 0 amide bonds. The largest absolute Gasteiger partial charge is 0.390 e. The molecule has 84 valence electrons. The maximum absolute atomic E-state index is 10.9. The molecule has 0 aromatic carbocycles. The standard InChI is InChI=1S/C10H20O3S/c1-9-5-3-6-10(9,11)7-4-8-14(2,12)13/h9,11H,3-8H2,1-2H3. The maximum atomic E-state index is 10.9. The molecule has 0 spiro atoms. The van der Waals surface area contributed by atoms with Gasteiger partial charge in [-0.2, -0.15) is 0 Å². The normalized spacial score (nSPS) is 33.5. The Bertz CT molecular complexity index is 284. The average Bonchev–Trinajstić information content (AvgIpc) is 2.30. The molecule has 1 aliphatic rings. The van der Waals surface area contributed by atoms with Gasteiger partial charge in [-0.25, -0.2) is 8.42 Å². The highest BCUT2D eigenvalue weighted by atomic mass is 32.2. The molecule has 1 saturated carbocycles. The van der Waals surface area contributed by atoms with Gasteiger partial charge in [-0.05, 0) is 31.6 Å². The highest BCUT2D eigenvalue weighted by molar-refractivity contribution is 7.90. The summed E-state index contributed by atoms with van der Waals surface area (Å²) in [6.07, 6.45) is 5.42. The van der Waals surface area contributed by atoms with Gasteiger partial charge in [0.15, 0.2) is 0 Å². The molecule has 0 aromatic heterocycles. The van der Waals surface area contributed by atoms with Gasteiger partial charge in [0.05, 0.1) is 5.60 Å². The molecular weight excluding hydrogens is 200 g/mol. The van der Waals surface area contributed by atoms with Crippen LogP contribution >= 0.6 is 0 Å². The van der Waals surface area contributed by atoms with Crippen LogP contribution in [0.3, 0.4) is 0 Å². The fourth-order valence-corrected chi connectivity index (χ4v) is 2.91. The van der Waals surface area contributed by atoms with E-state index < -0.39 is 15.4 Å². The molecule has 1 rings (SSSR count). The predicted octanol–water partition coefficient (Wildman–Crippen LogP) is 1.36. The number of hydrogen-bond donors (Lipinski definition) is 1. The summed E-state index contributed by atoms with van der Waals surface area (Å²) in [7, 11) is -2.87. The van der Waals surface area contributed by atoms with Crippen molar-refractivity contribution < 1.29 is 13.5 Å². The monoisotopic (exact) mass is 220 g/mol. The summed E-state index contributed by atoms with van der Waals surface area (Å²) >= 11 is 0. The topological polar surface area (TPSA) is 54.4 Å². The molecule has 0 radical (unpaired) electrons. The Hall–Kier alpha value is -0.0900. The third-order valence-corrected chi connectivity index (χ3v) is 4.32. The van der Waals surface area contributed by atoms with E-state index in [4.69, 9.17) is 0 Å². The zero-order valence-corrected chi connectivity index (χ0v) is 9.81. The highest BCUT2D eigenvalue weighted by Crippen LogP contribution is 2.38. The predicted molar refractivity (Wildman–Crippen MR) is 56.9 cm³/mol. The van der Waals surface area contributed by atoms with Gasteiger partial charge in [0.1, 0.15) is 9.84 Å². The molecular formula is C10H20O3S. The van der Waals surface area contributed by atoms with Crippen LogP contribution in [0.4, 0.5) is 0 Å². The molecule has 0 aliphatic heterocycles. The first-order valence-electron chi connectivity index (χ1n) is 5.24. The summed E-state index contributed by atoms with van der Waals surface area (Å²) in [6.45, 7) is 2.05. The van der Waals surface area contributed by atoms with Crippen LogP contribution < -0.4 is 0 Å². The third kappa shape index (κ3) is 3.24. The first-order chi connectivity index (χ1) is 6.33. The SMILES string of the molecule is CC1CCCC1(O)CCCS(C)(=O)=O. The van der Waals surface area contributed by atoms with Crippen LogP contribution in [0.15, 0.2) is 0 Å². The summed E-state index contributed by atoms with van der Waals surface area (Å²) in [4.78, 5) is 0. The van der Waals surface area contributed by atoms with E-state index in [1.807, 2.05) is 6.92 Å². The number of hydrogen-bond acceptors (Lipinski definition) is 3. The van der Waals surface area contributed by atoms with Crippen molar-refractivity contribution in [3.05, 3.63) is 0 Å². The van der Waals surface area contributed by atoms with Crippen molar-refractivity contribution in [1.29, 1.82) is 0 Å². The third-order valence-electron chi connectivity index (χ3n) is 3.29. The van der Waals surface area contributed by atoms with Crippen LogP contribution in [-0.2, 0) is 9.84 Å². The van der Waals surface area contributed by atoms with E-state index >= 15 is 0 Å². The fourth-order valence-electron chi connectivity index (χ4n) is 2.24. The van der Waals surface area contributed by atoms with Gasteiger partial charge in [-0.3, -0.25) is 0 Å². The average molecular weight is 220 g/mol. The van der Waals surface area contributed by atoms with E-state index in [1.165, 1.54) is 6.26 Å². The van der Waals surface area contributed by atoms with Gasteiger partial charge in [-0.15, -0.1) is 0 Å². The van der Waals surface area contributed by atoms with Crippen molar-refractivity contribution in [1.82, 2.24) is 0 Å². The second-order valence-corrected chi connectivity index (χ2v) is 6.89. The van der Waals surface area contributed by atoms with Crippen molar-refractivity contribution >= 4 is 9.84 Å². The van der Waals surface area contributed by atoms with E-state index in [0.717, 1.165) is 19.3 Å². The Balaban J connectivity index is 2.37. The van der Waals surface area contributed by atoms with E-state index in [0.29, 0.717) is 18.8 Å². The Morgan fingerprint density at radius 2 is 2.14 bits per heavy atom. The van der Waals surface area contributed by atoms with E-state index in [2.05, 4.69) is 0 Å². The molecule has 4 heteroatoms. The Labute approximate surface area is 86.4 Å². The lowest BCUT2D eigenvalue weighted by molar-refractivity contribution is 0.000614. The van der Waals surface area contributed by atoms with Gasteiger partial charge in [0.25, 0.3) is 0 Å². The van der Waals surface area contributed by atoms with E-state index in [-0.39, 0.29) is 5.75 Å². The summed E-state index contributed by atoms with van der Waals surface area (Å²) in [5.41, 5.74) is -0.593. The van der Waals surface area contributed by atoms with Gasteiger partial charge >= 0.3 is 0 Å². The number of rotatable bonds is 4. The quantitative estimate of drug-likeness (QED) is 0.778. The summed E-state index contributed by atoms with van der Waals surface area (Å²) in [5, 5.41) is 10.2. The number of sulfone groups is 1. The van der Waals surface area contributed by atoms with Crippen LogP contribution in [-0.4, -0.2) is 31.1 Å². The maximum Gasteiger partial charge on any atom is 0.147 e. The van der Waals surface area contributed by atoms with Gasteiger partial charge < -0.3 is 5.11 Å². The zero-order valence-electron chi connectivity index (χ0n) is 8.99. The van der Waals surface area contributed by atoms with Crippen LogP contribution in [0.5, 0.6) is 0 Å². The molecule has 1 fully saturated rings. The van der Waals surface area contributed by atoms with Crippen LogP contribution in [0, 0.1) is 5.92 Å². The first kappa shape index (κ1) is 12.0. The second-order valence-electron chi connectivity index (χ2n) is 4.63. The minimum absolute atomic E-state index is 0.196. The lowest BCUT2D eigenvalue weighted by atomic mass is 9.88. The second kappa shape index (κ2) is 4.19. The molecule has 1 aliphatic carbocycles. The van der Waals surface area contributed by atoms with E-state index in [1.54, 1.807) is 0 Å². The van der Waals surface area contributed by atoms with Crippen molar-refractivity contribution in [2.45, 2.75) is 44.6 Å². The molecule has 0 bridgehead atoms. The molecule has 0 heterocycles. The molecule has 3 nitrogen and oxygen atoms in total. The number of aliphatic hydroxyl groups is 1. The van der Waals surface area contributed by atoms with Crippen LogP contribution in [0.2, 0.25) is 0 Å². The minimum atomic E-state index is -2.87. The Kier molecular flexibility index (Phi) is 3.58. The van der Waals surface area contributed by atoms with E-state index in [9.17, 15) is 13.5 Å². The summed E-state index contributed by atoms with van der Waals surface area (Å²) in [6, 6.07) is 0. The van der Waals surface area contributed by atoms with Crippen molar-refractivity contribution in [2.24, 2.45) is 5.92 Å². The summed E-state index contributed by atoms with van der Waals surface area (Å²) in [5.74, 6) is 0.518. The van der Waals surface area contributed by atoms with Crippen molar-refractivity contribution in [3.8, 4) is 0 Å². The van der Waals surface area contributed by atoms with Crippen LogP contribution in [0.25, 0.3) is 0 Å². The van der Waals surface area contributed by atoms with Gasteiger partial charge in [-0.1, -0.05) is 13.3 Å². The fraction of sp³-hybridized carbons (Fsp3) is 1.00. The van der Waals surface area contributed by atoms with Crippen LogP contribution in [0.1, 0.15) is 39.0 Å². The molecule has 0 saturated heterocycles. The van der Waals surface area contributed by atoms with Gasteiger partial charge in [0.2, 0.25) is 0 Å². The molecule has 2 unspecified atom stereocenters. The van der Waals surface area contributed by atoms with Crippen molar-refractivity contribution in [2.75, 3.05) is 12.0 Å². The smallest absolute Gasteiger partial charge is 0.147 e. The van der Waals surface area contributed by atoms with Crippen molar-refractivity contribution in [3.63, 3.8) is 0 Å². The highest BCUT2D eigenvalue weighted by Gasteiger charge is 2.37.